The Kier molecular flexibility index (Phi) is 8.38. The van der Waals surface area contributed by atoms with E-state index in [-0.39, 0.29) is 11.2 Å². The Morgan fingerprint density at radius 2 is 2.04 bits per heavy atom. The van der Waals surface area contributed by atoms with E-state index in [4.69, 9.17) is 0 Å². The first-order valence-electron chi connectivity index (χ1n) is 11.0. The molecule has 1 aromatic carbocycles. The van der Waals surface area contributed by atoms with Crippen molar-refractivity contribution in [2.24, 2.45) is 11.8 Å². The molecule has 4 nitrogen and oxygen atoms in total. The van der Waals surface area contributed by atoms with Gasteiger partial charge in [0.2, 0.25) is 10.0 Å². The van der Waals surface area contributed by atoms with Crippen LogP contribution in [0.4, 0.5) is 5.69 Å². The second kappa shape index (κ2) is 10.1. The minimum atomic E-state index is -3.25. The van der Waals surface area contributed by atoms with E-state index in [2.05, 4.69) is 43.4 Å². The molecule has 0 amide bonds. The zero-order valence-electron chi connectivity index (χ0n) is 18.5. The molecular formula is C23H40N2O2S. The third-order valence-corrected chi connectivity index (χ3v) is 7.83. The zero-order valence-corrected chi connectivity index (χ0v) is 19.3. The number of unbranched alkanes of at least 4 members (excludes halogenated alkanes) is 1. The monoisotopic (exact) mass is 408 g/mol. The van der Waals surface area contributed by atoms with E-state index in [9.17, 15) is 8.42 Å². The average molecular weight is 409 g/mol. The summed E-state index contributed by atoms with van der Waals surface area (Å²) in [6.45, 7) is 14.6. The molecule has 0 aromatic heterocycles. The molecule has 160 valence electrons. The highest BCUT2D eigenvalue weighted by Crippen LogP contribution is 2.40. The van der Waals surface area contributed by atoms with Gasteiger partial charge in [0.25, 0.3) is 0 Å². The summed E-state index contributed by atoms with van der Waals surface area (Å²) in [5, 5.41) is 0. The number of benzene rings is 1. The lowest BCUT2D eigenvalue weighted by molar-refractivity contribution is 0.109. The summed E-state index contributed by atoms with van der Waals surface area (Å²) >= 11 is 0. The van der Waals surface area contributed by atoms with Crippen LogP contribution in [0, 0.1) is 11.8 Å². The van der Waals surface area contributed by atoms with Crippen LogP contribution in [0.2, 0.25) is 0 Å². The number of anilines is 1. The summed E-state index contributed by atoms with van der Waals surface area (Å²) in [5.74, 6) is 1.50. The third kappa shape index (κ3) is 6.48. The molecule has 1 aromatic rings. The van der Waals surface area contributed by atoms with Gasteiger partial charge in [-0.15, -0.1) is 0 Å². The maximum absolute atomic E-state index is 12.1. The number of sulfonamides is 1. The summed E-state index contributed by atoms with van der Waals surface area (Å²) in [6, 6.07) is 8.04. The van der Waals surface area contributed by atoms with Gasteiger partial charge in [-0.05, 0) is 67.3 Å². The normalized spacial score (nSPS) is 23.9. The molecule has 0 aliphatic carbocycles. The van der Waals surface area contributed by atoms with Crippen LogP contribution in [-0.2, 0) is 15.4 Å². The lowest BCUT2D eigenvalue weighted by Crippen LogP contribution is -2.47. The Hall–Kier alpha value is -1.07. The predicted molar refractivity (Wildman–Crippen MR) is 120 cm³/mol. The molecule has 0 bridgehead atoms. The quantitative estimate of drug-likeness (QED) is 0.537. The number of nitrogens with zero attached hydrogens (tertiary/aromatic N) is 1. The summed E-state index contributed by atoms with van der Waals surface area (Å²) in [7, 11) is -3.25. The summed E-state index contributed by atoms with van der Waals surface area (Å²) in [4.78, 5) is 2.61. The molecule has 1 fully saturated rings. The lowest BCUT2D eigenvalue weighted by atomic mass is 9.68. The van der Waals surface area contributed by atoms with Gasteiger partial charge in [-0.1, -0.05) is 59.6 Å². The maximum atomic E-state index is 12.1. The molecule has 2 rings (SSSR count). The predicted octanol–water partition coefficient (Wildman–Crippen LogP) is 5.26. The van der Waals surface area contributed by atoms with E-state index in [0.717, 1.165) is 25.4 Å². The molecule has 0 unspecified atom stereocenters. The van der Waals surface area contributed by atoms with Gasteiger partial charge in [-0.3, -0.25) is 4.72 Å². The smallest absolute Gasteiger partial charge is 0.232 e. The van der Waals surface area contributed by atoms with E-state index in [1.54, 1.807) is 0 Å². The Morgan fingerprint density at radius 1 is 1.29 bits per heavy atom. The largest absolute Gasteiger partial charge is 0.303 e. The fourth-order valence-corrected chi connectivity index (χ4v) is 5.40. The van der Waals surface area contributed by atoms with Crippen LogP contribution in [0.3, 0.4) is 0 Å². The molecule has 0 radical (unpaired) electrons. The van der Waals surface area contributed by atoms with Crippen LogP contribution in [0.5, 0.6) is 0 Å². The molecule has 0 saturated carbocycles. The van der Waals surface area contributed by atoms with E-state index in [1.165, 1.54) is 31.4 Å². The molecule has 0 spiro atoms. The Bertz CT molecular complexity index is 717. The van der Waals surface area contributed by atoms with Crippen molar-refractivity contribution in [1.29, 1.82) is 0 Å². The van der Waals surface area contributed by atoms with E-state index >= 15 is 0 Å². The van der Waals surface area contributed by atoms with Crippen LogP contribution in [0.25, 0.3) is 0 Å². The molecule has 1 N–H and O–H groups in total. The van der Waals surface area contributed by atoms with Crippen LogP contribution >= 0.6 is 0 Å². The van der Waals surface area contributed by atoms with Gasteiger partial charge in [-0.2, -0.15) is 0 Å². The standard InChI is InChI=1S/C23H40N2O2S/c1-6-16-28(26,27)24-22-12-9-11-21(17-22)23(5)13-15-25(18-20(23)4)14-8-7-10-19(2)3/h9,11-12,17,19-20,24H,6-8,10,13-16,18H2,1-5H3/t20-,23-/m0/s1. The van der Waals surface area contributed by atoms with E-state index in [1.807, 2.05) is 25.1 Å². The molecule has 1 aliphatic rings. The van der Waals surface area contributed by atoms with Crippen molar-refractivity contribution in [2.45, 2.75) is 72.1 Å². The van der Waals surface area contributed by atoms with Gasteiger partial charge in [0.15, 0.2) is 0 Å². The van der Waals surface area contributed by atoms with Crippen molar-refractivity contribution in [2.75, 3.05) is 30.1 Å². The van der Waals surface area contributed by atoms with E-state index < -0.39 is 10.0 Å². The van der Waals surface area contributed by atoms with Gasteiger partial charge < -0.3 is 4.90 Å². The number of rotatable bonds is 10. The van der Waals surface area contributed by atoms with Crippen molar-refractivity contribution < 1.29 is 8.42 Å². The fraction of sp³-hybridized carbons (Fsp3) is 0.739. The SMILES string of the molecule is CCCS(=O)(=O)Nc1cccc([C@@]2(C)CCN(CCCCC(C)C)C[C@@H]2C)c1. The van der Waals surface area contributed by atoms with Crippen molar-refractivity contribution >= 4 is 15.7 Å². The Balaban J connectivity index is 2.00. The second-order valence-corrected chi connectivity index (χ2v) is 11.1. The van der Waals surface area contributed by atoms with Crippen molar-refractivity contribution in [3.8, 4) is 0 Å². The third-order valence-electron chi connectivity index (χ3n) is 6.34. The molecule has 1 heterocycles. The summed E-state index contributed by atoms with van der Waals surface area (Å²) < 4.78 is 27.0. The van der Waals surface area contributed by atoms with Crippen molar-refractivity contribution in [3.05, 3.63) is 29.8 Å². The molecule has 1 aliphatic heterocycles. The Labute approximate surface area is 173 Å². The van der Waals surface area contributed by atoms with Crippen LogP contribution in [-0.4, -0.2) is 38.7 Å². The van der Waals surface area contributed by atoms with Gasteiger partial charge in [0.1, 0.15) is 0 Å². The Morgan fingerprint density at radius 3 is 2.68 bits per heavy atom. The van der Waals surface area contributed by atoms with Gasteiger partial charge in [-0.25, -0.2) is 8.42 Å². The summed E-state index contributed by atoms with van der Waals surface area (Å²) in [5.41, 5.74) is 2.02. The molecule has 1 saturated heterocycles. The first-order chi connectivity index (χ1) is 13.2. The summed E-state index contributed by atoms with van der Waals surface area (Å²) in [6.07, 6.45) is 5.66. The second-order valence-electron chi connectivity index (χ2n) is 9.26. The van der Waals surface area contributed by atoms with Gasteiger partial charge in [0.05, 0.1) is 5.75 Å². The van der Waals surface area contributed by atoms with Crippen LogP contribution in [0.15, 0.2) is 24.3 Å². The van der Waals surface area contributed by atoms with Crippen LogP contribution in [0.1, 0.15) is 72.3 Å². The fourth-order valence-electron chi connectivity index (χ4n) is 4.27. The number of hydrogen-bond donors (Lipinski definition) is 1. The molecular weight excluding hydrogens is 368 g/mol. The lowest BCUT2D eigenvalue weighted by Gasteiger charge is -2.45. The highest BCUT2D eigenvalue weighted by molar-refractivity contribution is 7.92. The van der Waals surface area contributed by atoms with Crippen molar-refractivity contribution in [3.63, 3.8) is 0 Å². The first-order valence-corrected chi connectivity index (χ1v) is 12.6. The molecule has 2 atom stereocenters. The number of nitrogens with one attached hydrogen (secondary N) is 1. The number of piperidine rings is 1. The van der Waals surface area contributed by atoms with Crippen LogP contribution < -0.4 is 4.72 Å². The van der Waals surface area contributed by atoms with Gasteiger partial charge >= 0.3 is 0 Å². The van der Waals surface area contributed by atoms with Gasteiger partial charge in [0, 0.05) is 12.2 Å². The minimum Gasteiger partial charge on any atom is -0.303 e. The minimum absolute atomic E-state index is 0.0840. The van der Waals surface area contributed by atoms with Crippen molar-refractivity contribution in [1.82, 2.24) is 4.90 Å². The highest BCUT2D eigenvalue weighted by atomic mass is 32.2. The first kappa shape index (κ1) is 23.2. The van der Waals surface area contributed by atoms with E-state index in [0.29, 0.717) is 18.0 Å². The topological polar surface area (TPSA) is 49.4 Å². The average Bonchev–Trinajstić information content (AvgIpc) is 2.61. The highest BCUT2D eigenvalue weighted by Gasteiger charge is 2.37. The number of likely N-dealkylation sites (tertiary alicyclic amines) is 1. The number of hydrogen-bond acceptors (Lipinski definition) is 3. The zero-order chi connectivity index (χ0) is 20.8. The molecule has 28 heavy (non-hydrogen) atoms. The maximum Gasteiger partial charge on any atom is 0.232 e. The molecule has 5 heteroatoms.